The van der Waals surface area contributed by atoms with Gasteiger partial charge in [-0.25, -0.2) is 0 Å². The first-order chi connectivity index (χ1) is 6.13. The maximum atomic E-state index is 11.2. The van der Waals surface area contributed by atoms with E-state index in [0.717, 1.165) is 0 Å². The van der Waals surface area contributed by atoms with Gasteiger partial charge in [-0.2, -0.15) is 0 Å². The fourth-order valence-corrected chi connectivity index (χ4v) is 1.37. The van der Waals surface area contributed by atoms with Crippen molar-refractivity contribution in [3.63, 3.8) is 0 Å². The third-order valence-electron chi connectivity index (χ3n) is 2.28. The maximum absolute atomic E-state index is 11.2. The lowest BCUT2D eigenvalue weighted by molar-refractivity contribution is -0.162. The first kappa shape index (κ1) is 9.70. The third kappa shape index (κ3) is 1.20. The van der Waals surface area contributed by atoms with Gasteiger partial charge in [0.05, 0.1) is 14.2 Å². The highest BCUT2D eigenvalue weighted by Gasteiger charge is 2.68. The van der Waals surface area contributed by atoms with Crippen molar-refractivity contribution in [2.75, 3.05) is 14.2 Å². The van der Waals surface area contributed by atoms with Gasteiger partial charge in [0.2, 0.25) is 0 Å². The SMILES string of the molecule is COC(=O)C1(C(=O)OC)C[C@@H]1C=O. The topological polar surface area (TPSA) is 69.7 Å². The van der Waals surface area contributed by atoms with E-state index in [1.807, 2.05) is 0 Å². The van der Waals surface area contributed by atoms with E-state index in [0.29, 0.717) is 6.29 Å². The summed E-state index contributed by atoms with van der Waals surface area (Å²) in [7, 11) is 2.35. The zero-order valence-corrected chi connectivity index (χ0v) is 7.40. The monoisotopic (exact) mass is 186 g/mol. The molecule has 0 aromatic rings. The van der Waals surface area contributed by atoms with Crippen molar-refractivity contribution < 1.29 is 23.9 Å². The standard InChI is InChI=1S/C8H10O5/c1-12-6(10)8(7(11)13-2)3-5(8)4-9/h4-5H,3H2,1-2H3/t5-/m1/s1. The summed E-state index contributed by atoms with van der Waals surface area (Å²) in [6, 6.07) is 0. The minimum Gasteiger partial charge on any atom is -0.468 e. The van der Waals surface area contributed by atoms with Gasteiger partial charge in [0.25, 0.3) is 0 Å². The molecule has 5 nitrogen and oxygen atoms in total. The van der Waals surface area contributed by atoms with Crippen molar-refractivity contribution in [1.82, 2.24) is 0 Å². The Bertz CT molecular complexity index is 241. The second-order valence-electron chi connectivity index (χ2n) is 2.90. The molecule has 0 unspecified atom stereocenters. The molecule has 1 fully saturated rings. The highest BCUT2D eigenvalue weighted by atomic mass is 16.5. The molecule has 0 aromatic carbocycles. The number of aldehydes is 1. The molecule has 1 saturated carbocycles. The predicted molar refractivity (Wildman–Crippen MR) is 40.6 cm³/mol. The lowest BCUT2D eigenvalue weighted by Crippen LogP contribution is -2.30. The highest BCUT2D eigenvalue weighted by Crippen LogP contribution is 2.53. The summed E-state index contributed by atoms with van der Waals surface area (Å²) >= 11 is 0. The van der Waals surface area contributed by atoms with Crippen LogP contribution in [-0.4, -0.2) is 32.4 Å². The lowest BCUT2D eigenvalue weighted by Gasteiger charge is -2.09. The number of carbonyl (C=O) groups is 3. The van der Waals surface area contributed by atoms with Crippen LogP contribution >= 0.6 is 0 Å². The van der Waals surface area contributed by atoms with Gasteiger partial charge >= 0.3 is 11.9 Å². The Balaban J connectivity index is 2.86. The summed E-state index contributed by atoms with van der Waals surface area (Å²) in [4.78, 5) is 32.8. The Morgan fingerprint density at radius 3 is 2.00 bits per heavy atom. The van der Waals surface area contributed by atoms with Crippen LogP contribution < -0.4 is 0 Å². The quantitative estimate of drug-likeness (QED) is 0.339. The zero-order valence-electron chi connectivity index (χ0n) is 7.40. The molecule has 5 heteroatoms. The van der Waals surface area contributed by atoms with Crippen molar-refractivity contribution >= 4 is 18.2 Å². The fourth-order valence-electron chi connectivity index (χ4n) is 1.37. The summed E-state index contributed by atoms with van der Waals surface area (Å²) in [5.74, 6) is -1.99. The number of hydrogen-bond acceptors (Lipinski definition) is 5. The van der Waals surface area contributed by atoms with Crippen molar-refractivity contribution in [2.24, 2.45) is 11.3 Å². The fraction of sp³-hybridized carbons (Fsp3) is 0.625. The van der Waals surface area contributed by atoms with Crippen molar-refractivity contribution in [3.8, 4) is 0 Å². The van der Waals surface area contributed by atoms with Crippen LogP contribution in [-0.2, 0) is 23.9 Å². The Morgan fingerprint density at radius 2 is 1.77 bits per heavy atom. The Kier molecular flexibility index (Phi) is 2.36. The van der Waals surface area contributed by atoms with E-state index in [1.165, 1.54) is 14.2 Å². The lowest BCUT2D eigenvalue weighted by atomic mass is 10.1. The number of rotatable bonds is 3. The molecule has 0 radical (unpaired) electrons. The van der Waals surface area contributed by atoms with Gasteiger partial charge in [-0.15, -0.1) is 0 Å². The molecule has 0 aromatic heterocycles. The number of carbonyl (C=O) groups excluding carboxylic acids is 3. The number of ether oxygens (including phenoxy) is 2. The molecule has 72 valence electrons. The van der Waals surface area contributed by atoms with Crippen LogP contribution in [0.15, 0.2) is 0 Å². The molecule has 0 aliphatic heterocycles. The summed E-state index contributed by atoms with van der Waals surface area (Å²) in [5.41, 5.74) is -1.36. The average molecular weight is 186 g/mol. The summed E-state index contributed by atoms with van der Waals surface area (Å²) < 4.78 is 8.87. The van der Waals surface area contributed by atoms with E-state index in [9.17, 15) is 14.4 Å². The molecule has 13 heavy (non-hydrogen) atoms. The molecule has 1 atom stereocenters. The first-order valence-electron chi connectivity index (χ1n) is 3.75. The van der Waals surface area contributed by atoms with Crippen molar-refractivity contribution in [2.45, 2.75) is 6.42 Å². The number of esters is 2. The van der Waals surface area contributed by atoms with Gasteiger partial charge in [-0.05, 0) is 6.42 Å². The Labute approximate surface area is 75.0 Å². The van der Waals surface area contributed by atoms with E-state index in [-0.39, 0.29) is 6.42 Å². The predicted octanol–water partition coefficient (Wildman–Crippen LogP) is -0.462. The van der Waals surface area contributed by atoms with Crippen LogP contribution in [0.5, 0.6) is 0 Å². The first-order valence-corrected chi connectivity index (χ1v) is 3.75. The molecule has 0 heterocycles. The second kappa shape index (κ2) is 3.16. The number of methoxy groups -OCH3 is 2. The van der Waals surface area contributed by atoms with Crippen LogP contribution in [0, 0.1) is 11.3 Å². The van der Waals surface area contributed by atoms with Gasteiger partial charge in [0.1, 0.15) is 6.29 Å². The average Bonchev–Trinajstić information content (AvgIpc) is 2.91. The highest BCUT2D eigenvalue weighted by molar-refractivity contribution is 6.07. The van der Waals surface area contributed by atoms with E-state index < -0.39 is 23.3 Å². The number of hydrogen-bond donors (Lipinski definition) is 0. The molecule has 0 bridgehead atoms. The normalized spacial score (nSPS) is 23.1. The van der Waals surface area contributed by atoms with E-state index in [4.69, 9.17) is 0 Å². The van der Waals surface area contributed by atoms with Gasteiger partial charge in [-0.1, -0.05) is 0 Å². The summed E-state index contributed by atoms with van der Waals surface area (Å²) in [6.07, 6.45) is 0.768. The van der Waals surface area contributed by atoms with E-state index >= 15 is 0 Å². The van der Waals surface area contributed by atoms with Gasteiger partial charge in [0.15, 0.2) is 5.41 Å². The molecule has 1 aliphatic carbocycles. The van der Waals surface area contributed by atoms with Gasteiger partial charge < -0.3 is 14.3 Å². The van der Waals surface area contributed by atoms with Gasteiger partial charge in [-0.3, -0.25) is 9.59 Å². The van der Waals surface area contributed by atoms with Crippen molar-refractivity contribution in [3.05, 3.63) is 0 Å². The van der Waals surface area contributed by atoms with E-state index in [2.05, 4.69) is 9.47 Å². The molecule has 0 spiro atoms. The van der Waals surface area contributed by atoms with Crippen LogP contribution in [0.3, 0.4) is 0 Å². The molecule has 0 amide bonds. The van der Waals surface area contributed by atoms with Crippen molar-refractivity contribution in [1.29, 1.82) is 0 Å². The summed E-state index contributed by atoms with van der Waals surface area (Å²) in [6.45, 7) is 0. The molecule has 0 saturated heterocycles. The molecule has 0 N–H and O–H groups in total. The second-order valence-corrected chi connectivity index (χ2v) is 2.90. The van der Waals surface area contributed by atoms with Crippen LogP contribution in [0.1, 0.15) is 6.42 Å². The summed E-state index contributed by atoms with van der Waals surface area (Å²) in [5, 5.41) is 0. The Hall–Kier alpha value is -1.39. The molecular weight excluding hydrogens is 176 g/mol. The minimum atomic E-state index is -1.36. The van der Waals surface area contributed by atoms with Crippen LogP contribution in [0.25, 0.3) is 0 Å². The smallest absolute Gasteiger partial charge is 0.323 e. The Morgan fingerprint density at radius 1 is 1.31 bits per heavy atom. The minimum absolute atomic E-state index is 0.190. The largest absolute Gasteiger partial charge is 0.468 e. The molecule has 1 aliphatic rings. The van der Waals surface area contributed by atoms with Crippen LogP contribution in [0.4, 0.5) is 0 Å². The molecule has 1 rings (SSSR count). The maximum Gasteiger partial charge on any atom is 0.323 e. The third-order valence-corrected chi connectivity index (χ3v) is 2.28. The van der Waals surface area contributed by atoms with Gasteiger partial charge in [0, 0.05) is 5.92 Å². The molecular formula is C8H10O5. The van der Waals surface area contributed by atoms with E-state index in [1.54, 1.807) is 0 Å². The van der Waals surface area contributed by atoms with Crippen LogP contribution in [0.2, 0.25) is 0 Å². The zero-order chi connectivity index (χ0) is 10.1.